The van der Waals surface area contributed by atoms with Crippen molar-refractivity contribution in [2.75, 3.05) is 13.1 Å². The number of ether oxygens (including phenoxy) is 2. The first-order valence-corrected chi connectivity index (χ1v) is 40.5. The molecule has 2 aliphatic rings. The van der Waals surface area contributed by atoms with Crippen LogP contribution < -0.4 is 64.2 Å². The monoisotopic (exact) mass is 1560 g/mol. The summed E-state index contributed by atoms with van der Waals surface area (Å²) in [5, 5.41) is 41.1. The van der Waals surface area contributed by atoms with E-state index in [0.717, 1.165) is 6.42 Å². The fourth-order valence-corrected chi connectivity index (χ4v) is 13.5. The van der Waals surface area contributed by atoms with Crippen LogP contribution in [0.15, 0.2) is 30.3 Å². The summed E-state index contributed by atoms with van der Waals surface area (Å²) in [6, 6.07) is -7.60. The van der Waals surface area contributed by atoms with Crippen molar-refractivity contribution in [1.82, 2.24) is 63.4 Å². The van der Waals surface area contributed by atoms with Crippen LogP contribution in [0.2, 0.25) is 0 Å². The number of aliphatic hydroxyl groups is 1. The SMILES string of the molecule is CC[C@H](C)[C@@H](NC(=O)[C@H](CCCCCN)CC(=O)[C@H]1CCCN1C(=O)[C@H](NC(=O)[C@@H](NC(=O)[C@@H](NC(=O)[C@H](NC(=O)CCCC(C)C)C(C)C)[C@@H](C)O)C(C)C)C(C)C)C(=O)N[C@H]1C(=O)N[C@H]([C@@H](C)CC)C(=O)N[C@H](C(C)C)C(=O)N[C@@H](Cc2ccccc2)C(=O)NC(C(C)OC(C)C)C(=O)N[C@@H](C(C)C)C(=O)O[C@H]1C. The lowest BCUT2D eigenvalue weighted by Crippen LogP contribution is -2.63. The number of unbranched alkanes of at least 4 members (excludes halogenated alkanes) is 2. The van der Waals surface area contributed by atoms with Gasteiger partial charge >= 0.3 is 5.97 Å². The molecule has 1 aromatic rings. The highest BCUT2D eigenvalue weighted by molar-refractivity contribution is 6.01. The third kappa shape index (κ3) is 30.7. The third-order valence-corrected chi connectivity index (χ3v) is 20.8. The van der Waals surface area contributed by atoms with Gasteiger partial charge in [0.2, 0.25) is 70.9 Å². The zero-order valence-electron chi connectivity index (χ0n) is 69.9. The fraction of sp³-hybridized carbons (Fsp3) is 0.753. The molecule has 0 saturated carbocycles. The number of amides is 12. The second kappa shape index (κ2) is 47.4. The molecule has 12 amide bonds. The van der Waals surface area contributed by atoms with E-state index in [4.69, 9.17) is 15.2 Å². The van der Waals surface area contributed by atoms with Gasteiger partial charge < -0.3 is 83.7 Å². The van der Waals surface area contributed by atoms with Crippen LogP contribution in [-0.2, 0) is 83.0 Å². The van der Waals surface area contributed by atoms with Crippen molar-refractivity contribution >= 4 is 82.6 Å². The van der Waals surface area contributed by atoms with Gasteiger partial charge in [0.25, 0.3) is 0 Å². The van der Waals surface area contributed by atoms with Crippen molar-refractivity contribution in [3.63, 3.8) is 0 Å². The predicted octanol–water partition coefficient (Wildman–Crippen LogP) is 3.99. The Kier molecular flexibility index (Phi) is 41.5. The largest absolute Gasteiger partial charge is 0.458 e. The molecule has 2 unspecified atom stereocenters. The highest BCUT2D eigenvalue weighted by atomic mass is 16.5. The number of carbonyl (C=O) groups is 14. The molecule has 1 aromatic carbocycles. The number of Topliss-reactive ketones (excluding diaryl/α,β-unsaturated/α-hetero) is 1. The predicted molar refractivity (Wildman–Crippen MR) is 421 cm³/mol. The first-order chi connectivity index (χ1) is 52.0. The van der Waals surface area contributed by atoms with Crippen molar-refractivity contribution in [3.8, 4) is 0 Å². The fourth-order valence-electron chi connectivity index (χ4n) is 13.5. The summed E-state index contributed by atoms with van der Waals surface area (Å²) in [7, 11) is 0. The van der Waals surface area contributed by atoms with Crippen LogP contribution in [-0.4, -0.2) is 203 Å². The summed E-state index contributed by atoms with van der Waals surface area (Å²) < 4.78 is 12.1. The molecule has 30 nitrogen and oxygen atoms in total. The number of ketones is 1. The Hall–Kier alpha value is -8.12. The minimum Gasteiger partial charge on any atom is -0.458 e. The molecule has 3 rings (SSSR count). The second-order valence-corrected chi connectivity index (χ2v) is 32.9. The van der Waals surface area contributed by atoms with E-state index in [0.29, 0.717) is 56.6 Å². The minimum absolute atomic E-state index is 0.0501. The van der Waals surface area contributed by atoms with Gasteiger partial charge in [-0.05, 0) is 126 Å². The van der Waals surface area contributed by atoms with Crippen LogP contribution in [0.3, 0.4) is 0 Å². The lowest BCUT2D eigenvalue weighted by atomic mass is 9.90. The number of nitrogens with two attached hydrogens (primary N) is 1. The van der Waals surface area contributed by atoms with Crippen molar-refractivity contribution in [2.24, 2.45) is 59.0 Å². The number of nitrogens with zero attached hydrogens (tertiary/aromatic N) is 1. The van der Waals surface area contributed by atoms with Gasteiger partial charge in [0.1, 0.15) is 72.6 Å². The molecule has 14 N–H and O–H groups in total. The van der Waals surface area contributed by atoms with E-state index in [2.05, 4.69) is 58.5 Å². The number of cyclic esters (lactones) is 1. The summed E-state index contributed by atoms with van der Waals surface area (Å²) in [5.74, 6) is -15.6. The molecule has 30 heteroatoms. The lowest BCUT2D eigenvalue weighted by molar-refractivity contribution is -0.158. The molecular formula is C81H137N13O17. The van der Waals surface area contributed by atoms with Crippen LogP contribution in [0.1, 0.15) is 228 Å². The van der Waals surface area contributed by atoms with Crippen LogP contribution in [0.5, 0.6) is 0 Å². The number of benzene rings is 1. The van der Waals surface area contributed by atoms with E-state index in [9.17, 15) is 57.8 Å². The van der Waals surface area contributed by atoms with Gasteiger partial charge in [-0.25, -0.2) is 4.79 Å². The summed E-state index contributed by atoms with van der Waals surface area (Å²) in [6.45, 7) is 35.9. The highest BCUT2D eigenvalue weighted by Gasteiger charge is 2.45. The standard InChI is InChI=1S/C81H137N13O17/c1-22-49(17)65(76(104)93-69-53(21)111-81(109)64(47(13)14)88-78(106)68(52(20)110-48(15)16)92-71(99)56(40-54-33-26-24-27-34-54)83-72(100)61(44(7)8)85-75(103)66(50(18)23-2)90-79(69)107)89-70(98)55(35-28-25-29-38-82)41-58(96)57-36-31-39-94(57)80(108)63(46(11)12)87-74(102)62(45(9)10)86-77(105)67(51(19)95)91-73(101)60(43(5)6)84-59(97)37-30-32-42(3)4/h24,26-27,33-34,42-53,55-57,60-69,95H,22-23,25,28-32,35-41,82H2,1-21H3,(H,83,100)(H,84,97)(H,85,103)(H,86,105)(H,87,102)(H,88,106)(H,89,98)(H,90,107)(H,91,101)(H,92,99)(H,93,104)/t49-,50-,51+,52?,53-,55+,56-,57+,60+,61+,62-,63+,64-,65+,66+,67-,68?,69+/m0/s1. The van der Waals surface area contributed by atoms with E-state index < -0.39 is 227 Å². The van der Waals surface area contributed by atoms with Gasteiger partial charge in [-0.1, -0.05) is 173 Å². The number of carbonyl (C=O) groups excluding carboxylic acids is 14. The van der Waals surface area contributed by atoms with E-state index in [1.165, 1.54) is 18.7 Å². The lowest BCUT2D eigenvalue weighted by Gasteiger charge is -2.33. The molecule has 2 aliphatic heterocycles. The molecule has 0 bridgehead atoms. The van der Waals surface area contributed by atoms with Crippen LogP contribution in [0, 0.1) is 53.3 Å². The maximum atomic E-state index is 15.2. The van der Waals surface area contributed by atoms with E-state index >= 15 is 14.4 Å². The normalized spacial score (nSPS) is 22.7. The third-order valence-electron chi connectivity index (χ3n) is 20.8. The number of aliphatic hydroxyl groups excluding tert-OH is 1. The Labute approximate surface area is 658 Å². The average Bonchev–Trinajstić information content (AvgIpc) is 1.77. The van der Waals surface area contributed by atoms with Gasteiger partial charge in [0.05, 0.1) is 24.4 Å². The van der Waals surface area contributed by atoms with Crippen molar-refractivity contribution in [1.29, 1.82) is 0 Å². The molecule has 2 heterocycles. The molecular weight excluding hydrogens is 1430 g/mol. The number of hydrogen-bond donors (Lipinski definition) is 13. The number of likely N-dealkylation sites (tertiary alicyclic amines) is 1. The maximum Gasteiger partial charge on any atom is 0.329 e. The molecule has 0 aromatic heterocycles. The molecule has 2 saturated heterocycles. The van der Waals surface area contributed by atoms with Crippen LogP contribution in [0.4, 0.5) is 0 Å². The second-order valence-electron chi connectivity index (χ2n) is 32.9. The van der Waals surface area contributed by atoms with Gasteiger partial charge in [-0.15, -0.1) is 0 Å². The van der Waals surface area contributed by atoms with E-state index in [1.807, 2.05) is 13.8 Å². The van der Waals surface area contributed by atoms with Crippen molar-refractivity contribution < 1.29 is 81.7 Å². The summed E-state index contributed by atoms with van der Waals surface area (Å²) in [5.41, 5.74) is 6.54. The quantitative estimate of drug-likeness (QED) is 0.0327. The number of nitrogens with one attached hydrogen (secondary N) is 11. The summed E-state index contributed by atoms with van der Waals surface area (Å²) in [6.07, 6.45) is -0.428. The van der Waals surface area contributed by atoms with E-state index in [-0.39, 0.29) is 44.6 Å². The van der Waals surface area contributed by atoms with E-state index in [1.54, 1.807) is 148 Å². The van der Waals surface area contributed by atoms with Crippen molar-refractivity contribution in [3.05, 3.63) is 35.9 Å². The summed E-state index contributed by atoms with van der Waals surface area (Å²) in [4.78, 5) is 205. The zero-order valence-corrected chi connectivity index (χ0v) is 69.9. The first kappa shape index (κ1) is 97.1. The van der Waals surface area contributed by atoms with Crippen molar-refractivity contribution in [2.45, 2.75) is 326 Å². The molecule has 0 spiro atoms. The molecule has 628 valence electrons. The molecule has 18 atom stereocenters. The number of rotatable bonds is 39. The van der Waals surface area contributed by atoms with Gasteiger partial charge in [0.15, 0.2) is 5.78 Å². The van der Waals surface area contributed by atoms with Gasteiger partial charge in [-0.3, -0.25) is 62.3 Å². The Morgan fingerprint density at radius 1 is 0.568 bits per heavy atom. The Morgan fingerprint density at radius 3 is 1.63 bits per heavy atom. The molecule has 0 radical (unpaired) electrons. The first-order valence-electron chi connectivity index (χ1n) is 40.5. The van der Waals surface area contributed by atoms with Gasteiger partial charge in [0, 0.05) is 31.7 Å². The van der Waals surface area contributed by atoms with Crippen LogP contribution >= 0.6 is 0 Å². The smallest absolute Gasteiger partial charge is 0.329 e. The Morgan fingerprint density at radius 2 is 1.09 bits per heavy atom. The highest BCUT2D eigenvalue weighted by Crippen LogP contribution is 2.27. The Bertz CT molecular complexity index is 3240. The Balaban J connectivity index is 2.07. The van der Waals surface area contributed by atoms with Crippen LogP contribution in [0.25, 0.3) is 0 Å². The maximum absolute atomic E-state index is 15.2. The molecule has 2 fully saturated rings. The molecule has 0 aliphatic carbocycles. The van der Waals surface area contributed by atoms with Gasteiger partial charge in [-0.2, -0.15) is 0 Å². The average molecular weight is 1570 g/mol. The topological polar surface area (TPSA) is 439 Å². The number of hydrogen-bond acceptors (Lipinski definition) is 18. The zero-order chi connectivity index (χ0) is 84.0. The molecule has 111 heavy (non-hydrogen) atoms. The summed E-state index contributed by atoms with van der Waals surface area (Å²) >= 11 is 0. The number of esters is 1. The minimum atomic E-state index is -1.82.